The van der Waals surface area contributed by atoms with Gasteiger partial charge in [-0.05, 0) is 45.0 Å². The molecule has 0 bridgehead atoms. The lowest BCUT2D eigenvalue weighted by Crippen LogP contribution is -2.42. The van der Waals surface area contributed by atoms with Gasteiger partial charge in [-0.3, -0.25) is 0 Å². The van der Waals surface area contributed by atoms with Gasteiger partial charge in [-0.25, -0.2) is 19.0 Å². The van der Waals surface area contributed by atoms with Gasteiger partial charge in [0, 0.05) is 10.9 Å². The van der Waals surface area contributed by atoms with Crippen LogP contribution in [0.1, 0.15) is 20.8 Å². The number of rotatable bonds is 5. The van der Waals surface area contributed by atoms with E-state index in [1.165, 1.54) is 12.1 Å². The number of aliphatic carboxylic acids is 1. The minimum Gasteiger partial charge on any atom is -0.479 e. The zero-order chi connectivity index (χ0) is 17.9. The first kappa shape index (κ1) is 17.9. The fourth-order valence-corrected chi connectivity index (χ4v) is 2.55. The summed E-state index contributed by atoms with van der Waals surface area (Å²) in [5.41, 5.74) is 0.440. The molecule has 8 heteroatoms. The highest BCUT2D eigenvalue weighted by molar-refractivity contribution is 7.14. The Balaban J connectivity index is 2.15. The number of nitrogens with zero attached hydrogens (tertiary/aromatic N) is 1. The molecular weight excluding hydrogens is 335 g/mol. The van der Waals surface area contributed by atoms with Crippen molar-refractivity contribution in [3.63, 3.8) is 0 Å². The predicted octanol–water partition coefficient (Wildman–Crippen LogP) is 3.16. The summed E-state index contributed by atoms with van der Waals surface area (Å²) >= 11 is 1.14. The van der Waals surface area contributed by atoms with E-state index in [0.29, 0.717) is 11.3 Å². The van der Waals surface area contributed by atoms with Crippen LogP contribution < -0.4 is 5.32 Å². The van der Waals surface area contributed by atoms with E-state index in [0.717, 1.165) is 11.3 Å². The molecule has 0 amide bonds. The highest BCUT2D eigenvalue weighted by Crippen LogP contribution is 2.25. The van der Waals surface area contributed by atoms with Crippen LogP contribution in [0, 0.1) is 5.82 Å². The number of hydrogen-bond donors (Lipinski definition) is 2. The SMILES string of the molecule is CC(C)(C)OC(=O)C(Nc1nc(-c2ccc(F)cc2)cs1)C(=O)O. The summed E-state index contributed by atoms with van der Waals surface area (Å²) in [6, 6.07) is 4.19. The van der Waals surface area contributed by atoms with Crippen molar-refractivity contribution in [1.29, 1.82) is 0 Å². The first-order valence-corrected chi connectivity index (χ1v) is 7.97. The van der Waals surface area contributed by atoms with Gasteiger partial charge in [-0.15, -0.1) is 11.3 Å². The van der Waals surface area contributed by atoms with E-state index in [2.05, 4.69) is 10.3 Å². The molecule has 1 unspecified atom stereocenters. The molecule has 2 rings (SSSR count). The molecule has 0 aliphatic carbocycles. The molecule has 0 aliphatic heterocycles. The average molecular weight is 352 g/mol. The van der Waals surface area contributed by atoms with Crippen LogP contribution in [-0.2, 0) is 14.3 Å². The molecular formula is C16H17FN2O4S. The van der Waals surface area contributed by atoms with Gasteiger partial charge >= 0.3 is 11.9 Å². The lowest BCUT2D eigenvalue weighted by molar-refractivity contribution is -0.160. The van der Waals surface area contributed by atoms with E-state index in [4.69, 9.17) is 4.74 Å². The van der Waals surface area contributed by atoms with Crippen LogP contribution in [0.25, 0.3) is 11.3 Å². The maximum absolute atomic E-state index is 12.9. The molecule has 2 aromatic rings. The van der Waals surface area contributed by atoms with Gasteiger partial charge in [-0.1, -0.05) is 0 Å². The van der Waals surface area contributed by atoms with Crippen LogP contribution in [0.4, 0.5) is 9.52 Å². The standard InChI is InChI=1S/C16H17FN2O4S/c1-16(2,3)23-14(22)12(13(20)21)19-15-18-11(8-24-15)9-4-6-10(17)7-5-9/h4-8,12H,1-3H3,(H,18,19)(H,20,21). The minimum atomic E-state index is -1.56. The number of hydrogen-bond acceptors (Lipinski definition) is 6. The zero-order valence-electron chi connectivity index (χ0n) is 13.4. The van der Waals surface area contributed by atoms with E-state index < -0.39 is 23.6 Å². The Morgan fingerprint density at radius 1 is 1.29 bits per heavy atom. The van der Waals surface area contributed by atoms with E-state index in [1.54, 1.807) is 38.3 Å². The molecule has 0 saturated heterocycles. The highest BCUT2D eigenvalue weighted by atomic mass is 32.1. The Hall–Kier alpha value is -2.48. The maximum atomic E-state index is 12.9. The molecule has 24 heavy (non-hydrogen) atoms. The number of halogens is 1. The van der Waals surface area contributed by atoms with Crippen LogP contribution in [0.3, 0.4) is 0 Å². The van der Waals surface area contributed by atoms with Crippen molar-refractivity contribution in [2.75, 3.05) is 5.32 Å². The number of ether oxygens (including phenoxy) is 1. The van der Waals surface area contributed by atoms with E-state index in [9.17, 15) is 19.1 Å². The van der Waals surface area contributed by atoms with Gasteiger partial charge in [0.1, 0.15) is 11.4 Å². The van der Waals surface area contributed by atoms with Gasteiger partial charge in [0.2, 0.25) is 6.04 Å². The van der Waals surface area contributed by atoms with Crippen molar-refractivity contribution in [2.24, 2.45) is 0 Å². The van der Waals surface area contributed by atoms with Crippen molar-refractivity contribution in [2.45, 2.75) is 32.4 Å². The fraction of sp³-hybridized carbons (Fsp3) is 0.312. The Labute approximate surface area is 142 Å². The zero-order valence-corrected chi connectivity index (χ0v) is 14.2. The second-order valence-electron chi connectivity index (χ2n) is 5.99. The smallest absolute Gasteiger partial charge is 0.340 e. The third-order valence-electron chi connectivity index (χ3n) is 2.80. The lowest BCUT2D eigenvalue weighted by atomic mass is 10.2. The summed E-state index contributed by atoms with van der Waals surface area (Å²) in [4.78, 5) is 27.5. The Morgan fingerprint density at radius 3 is 2.46 bits per heavy atom. The van der Waals surface area contributed by atoms with Crippen molar-refractivity contribution in [1.82, 2.24) is 4.98 Å². The molecule has 0 fully saturated rings. The quantitative estimate of drug-likeness (QED) is 0.635. The number of carboxylic acids is 1. The summed E-state index contributed by atoms with van der Waals surface area (Å²) in [6.45, 7) is 4.96. The number of carbonyl (C=O) groups is 2. The van der Waals surface area contributed by atoms with Crippen molar-refractivity contribution in [3.05, 3.63) is 35.5 Å². The summed E-state index contributed by atoms with van der Waals surface area (Å²) in [5, 5.41) is 13.7. The number of carbonyl (C=O) groups excluding carboxylic acids is 1. The number of nitrogens with one attached hydrogen (secondary N) is 1. The third-order valence-corrected chi connectivity index (χ3v) is 3.57. The van der Waals surface area contributed by atoms with Crippen LogP contribution in [0.5, 0.6) is 0 Å². The maximum Gasteiger partial charge on any atom is 0.340 e. The Morgan fingerprint density at radius 2 is 1.92 bits per heavy atom. The number of carboxylic acid groups (broad SMARTS) is 1. The number of esters is 1. The van der Waals surface area contributed by atoms with Gasteiger partial charge in [0.05, 0.1) is 5.69 Å². The van der Waals surface area contributed by atoms with Crippen molar-refractivity contribution in [3.8, 4) is 11.3 Å². The second kappa shape index (κ2) is 6.96. The monoisotopic (exact) mass is 352 g/mol. The van der Waals surface area contributed by atoms with Crippen LogP contribution in [0.2, 0.25) is 0 Å². The number of benzene rings is 1. The third kappa shape index (κ3) is 4.76. The van der Waals surface area contributed by atoms with Gasteiger partial charge in [0.15, 0.2) is 5.13 Å². The fourth-order valence-electron chi connectivity index (χ4n) is 1.80. The van der Waals surface area contributed by atoms with Gasteiger partial charge in [-0.2, -0.15) is 0 Å². The largest absolute Gasteiger partial charge is 0.479 e. The molecule has 1 atom stereocenters. The van der Waals surface area contributed by atoms with Crippen molar-refractivity contribution < 1.29 is 23.8 Å². The summed E-state index contributed by atoms with van der Waals surface area (Å²) < 4.78 is 18.0. The Kier molecular flexibility index (Phi) is 5.18. The van der Waals surface area contributed by atoms with Crippen LogP contribution >= 0.6 is 11.3 Å². The molecule has 0 spiro atoms. The molecule has 1 aromatic carbocycles. The summed E-state index contributed by atoms with van der Waals surface area (Å²) in [7, 11) is 0. The summed E-state index contributed by atoms with van der Waals surface area (Å²) in [6.07, 6.45) is 0. The molecule has 6 nitrogen and oxygen atoms in total. The lowest BCUT2D eigenvalue weighted by Gasteiger charge is -2.22. The molecule has 0 saturated carbocycles. The minimum absolute atomic E-state index is 0.257. The van der Waals surface area contributed by atoms with E-state index in [1.807, 2.05) is 0 Å². The van der Waals surface area contributed by atoms with Crippen LogP contribution in [-0.4, -0.2) is 33.7 Å². The van der Waals surface area contributed by atoms with Gasteiger partial charge in [0.25, 0.3) is 0 Å². The van der Waals surface area contributed by atoms with Crippen molar-refractivity contribution >= 4 is 28.4 Å². The molecule has 1 aromatic heterocycles. The summed E-state index contributed by atoms with van der Waals surface area (Å²) in [5.74, 6) is -2.61. The predicted molar refractivity (Wildman–Crippen MR) is 88.4 cm³/mol. The van der Waals surface area contributed by atoms with Crippen LogP contribution in [0.15, 0.2) is 29.6 Å². The van der Waals surface area contributed by atoms with Gasteiger partial charge < -0.3 is 15.2 Å². The number of anilines is 1. The average Bonchev–Trinajstić information content (AvgIpc) is 2.92. The molecule has 2 N–H and O–H groups in total. The highest BCUT2D eigenvalue weighted by Gasteiger charge is 2.31. The first-order valence-electron chi connectivity index (χ1n) is 7.09. The second-order valence-corrected chi connectivity index (χ2v) is 6.85. The molecule has 1 heterocycles. The number of aromatic nitrogens is 1. The normalized spacial score (nSPS) is 12.5. The van der Waals surface area contributed by atoms with E-state index >= 15 is 0 Å². The Bertz CT molecular complexity index is 737. The molecule has 0 aliphatic rings. The molecule has 0 radical (unpaired) electrons. The number of thiazole rings is 1. The van der Waals surface area contributed by atoms with E-state index in [-0.39, 0.29) is 10.9 Å². The molecule has 128 valence electrons. The topological polar surface area (TPSA) is 88.5 Å². The first-order chi connectivity index (χ1) is 11.2.